The number of nitrogens with zero attached hydrogens (tertiary/aromatic N) is 5. The van der Waals surface area contributed by atoms with E-state index in [-0.39, 0.29) is 23.9 Å². The first-order valence-corrected chi connectivity index (χ1v) is 11.5. The summed E-state index contributed by atoms with van der Waals surface area (Å²) in [6.07, 6.45) is 9.43. The molecule has 0 spiro atoms. The number of hydrogen-bond donors (Lipinski definition) is 2. The van der Waals surface area contributed by atoms with E-state index in [4.69, 9.17) is 9.84 Å². The van der Waals surface area contributed by atoms with Crippen LogP contribution in [0, 0.1) is 0 Å². The number of nitrogens with one attached hydrogen (secondary N) is 2. The predicted octanol–water partition coefficient (Wildman–Crippen LogP) is 3.35. The molecule has 2 N–H and O–H groups in total. The number of benzene rings is 1. The second-order valence-electron chi connectivity index (χ2n) is 8.54. The minimum Gasteiger partial charge on any atom is -0.496 e. The van der Waals surface area contributed by atoms with Gasteiger partial charge in [-0.1, -0.05) is 6.92 Å². The first-order chi connectivity index (χ1) is 16.6. The third kappa shape index (κ3) is 4.18. The fourth-order valence-electron chi connectivity index (χ4n) is 4.52. The van der Waals surface area contributed by atoms with E-state index >= 15 is 0 Å². The molecular formula is C24H27N7O3. The van der Waals surface area contributed by atoms with Gasteiger partial charge in [-0.15, -0.1) is 0 Å². The zero-order valence-corrected chi connectivity index (χ0v) is 19.2. The standard InChI is InChI=1S/C24H27N7O3/c1-3-23(32)27-16-6-8-17(9-7-16)30-14-15-11-18(20(34-2)12-19(15)29-30)24(33)28-22-13-25-21-5-4-10-26-31(21)22/h4-5,10-14,16-17H,3,6-9H2,1-2H3,(H,27,32)(H,28,33). The van der Waals surface area contributed by atoms with Crippen LogP contribution < -0.4 is 15.4 Å². The molecule has 5 rings (SSSR count). The van der Waals surface area contributed by atoms with E-state index in [2.05, 4.69) is 20.7 Å². The number of amides is 2. The average molecular weight is 462 g/mol. The molecule has 1 saturated carbocycles. The normalized spacial score (nSPS) is 18.2. The van der Waals surface area contributed by atoms with Gasteiger partial charge in [0, 0.05) is 36.3 Å². The number of ether oxygens (including phenoxy) is 1. The summed E-state index contributed by atoms with van der Waals surface area (Å²) in [5.74, 6) is 0.713. The Kier molecular flexibility index (Phi) is 5.87. The fraction of sp³-hybridized carbons (Fsp3) is 0.375. The summed E-state index contributed by atoms with van der Waals surface area (Å²) in [7, 11) is 1.54. The van der Waals surface area contributed by atoms with E-state index in [1.54, 1.807) is 35.1 Å². The van der Waals surface area contributed by atoms with Gasteiger partial charge >= 0.3 is 0 Å². The number of aromatic nitrogens is 5. The number of imidazole rings is 1. The molecule has 0 unspecified atom stereocenters. The molecule has 176 valence electrons. The highest BCUT2D eigenvalue weighted by Crippen LogP contribution is 2.32. The number of rotatable bonds is 6. The van der Waals surface area contributed by atoms with Gasteiger partial charge in [-0.05, 0) is 43.9 Å². The SMILES string of the molecule is CCC(=O)NC1CCC(n2cc3cc(C(=O)Nc4cnc5cccnn45)c(OC)cc3n2)CC1. The van der Waals surface area contributed by atoms with Gasteiger partial charge < -0.3 is 15.4 Å². The number of carbonyl (C=O) groups excluding carboxylic acids is 2. The van der Waals surface area contributed by atoms with Crippen LogP contribution in [0.25, 0.3) is 16.6 Å². The van der Waals surface area contributed by atoms with Gasteiger partial charge in [-0.3, -0.25) is 14.3 Å². The molecule has 0 atom stereocenters. The first-order valence-electron chi connectivity index (χ1n) is 11.5. The molecule has 2 amide bonds. The molecule has 34 heavy (non-hydrogen) atoms. The molecule has 3 heterocycles. The Balaban J connectivity index is 1.36. The van der Waals surface area contributed by atoms with Gasteiger partial charge in [0.25, 0.3) is 5.91 Å². The van der Waals surface area contributed by atoms with E-state index in [0.717, 1.165) is 36.6 Å². The monoisotopic (exact) mass is 461 g/mol. The minimum absolute atomic E-state index is 0.103. The Morgan fingerprint density at radius 3 is 2.79 bits per heavy atom. The zero-order chi connectivity index (χ0) is 23.7. The molecule has 0 bridgehead atoms. The molecule has 3 aromatic heterocycles. The molecule has 0 saturated heterocycles. The summed E-state index contributed by atoms with van der Waals surface area (Å²) < 4.78 is 9.06. The molecule has 4 aromatic rings. The molecule has 1 aliphatic carbocycles. The van der Waals surface area contributed by atoms with E-state index in [0.29, 0.717) is 29.2 Å². The van der Waals surface area contributed by atoms with Gasteiger partial charge in [-0.2, -0.15) is 14.7 Å². The lowest BCUT2D eigenvalue weighted by Crippen LogP contribution is -2.37. The van der Waals surface area contributed by atoms with Gasteiger partial charge in [0.1, 0.15) is 5.75 Å². The summed E-state index contributed by atoms with van der Waals surface area (Å²) in [5, 5.41) is 15.8. The highest BCUT2D eigenvalue weighted by Gasteiger charge is 2.25. The van der Waals surface area contributed by atoms with Crippen molar-refractivity contribution in [3.05, 3.63) is 48.4 Å². The average Bonchev–Trinajstić information content (AvgIpc) is 3.47. The topological polar surface area (TPSA) is 115 Å². The van der Waals surface area contributed by atoms with Gasteiger partial charge in [0.2, 0.25) is 5.91 Å². The zero-order valence-electron chi connectivity index (χ0n) is 19.2. The van der Waals surface area contributed by atoms with Crippen molar-refractivity contribution < 1.29 is 14.3 Å². The number of fused-ring (bicyclic) bond motifs is 2. The van der Waals surface area contributed by atoms with E-state index in [1.807, 2.05) is 23.9 Å². The van der Waals surface area contributed by atoms with Crippen molar-refractivity contribution in [2.75, 3.05) is 12.4 Å². The Morgan fingerprint density at radius 2 is 2.03 bits per heavy atom. The molecule has 1 fully saturated rings. The van der Waals surface area contributed by atoms with Crippen molar-refractivity contribution >= 4 is 34.2 Å². The summed E-state index contributed by atoms with van der Waals surface area (Å²) in [4.78, 5) is 29.1. The second-order valence-corrected chi connectivity index (χ2v) is 8.54. The number of methoxy groups -OCH3 is 1. The van der Waals surface area contributed by atoms with Crippen molar-refractivity contribution in [3.8, 4) is 5.75 Å². The molecule has 0 aliphatic heterocycles. The van der Waals surface area contributed by atoms with Crippen LogP contribution >= 0.6 is 0 Å². The third-order valence-electron chi connectivity index (χ3n) is 6.36. The smallest absolute Gasteiger partial charge is 0.260 e. The van der Waals surface area contributed by atoms with Crippen LogP contribution in [0.1, 0.15) is 55.4 Å². The quantitative estimate of drug-likeness (QED) is 0.455. The summed E-state index contributed by atoms with van der Waals surface area (Å²) in [5.41, 5.74) is 1.82. The lowest BCUT2D eigenvalue weighted by atomic mass is 9.91. The molecular weight excluding hydrogens is 434 g/mol. The number of hydrogen-bond acceptors (Lipinski definition) is 6. The first kappa shape index (κ1) is 21.9. The molecule has 1 aromatic carbocycles. The number of carbonyl (C=O) groups is 2. The Bertz CT molecular complexity index is 1350. The van der Waals surface area contributed by atoms with Crippen LogP contribution in [0.4, 0.5) is 5.82 Å². The summed E-state index contributed by atoms with van der Waals surface area (Å²) >= 11 is 0. The van der Waals surface area contributed by atoms with E-state index in [1.165, 1.54) is 7.11 Å². The van der Waals surface area contributed by atoms with Crippen molar-refractivity contribution in [1.29, 1.82) is 0 Å². The highest BCUT2D eigenvalue weighted by molar-refractivity contribution is 6.08. The summed E-state index contributed by atoms with van der Waals surface area (Å²) in [6.45, 7) is 1.87. The van der Waals surface area contributed by atoms with Gasteiger partial charge in [-0.25, -0.2) is 4.98 Å². The second kappa shape index (κ2) is 9.12. The molecule has 1 aliphatic rings. The van der Waals surface area contributed by atoms with Crippen LogP contribution in [-0.2, 0) is 4.79 Å². The van der Waals surface area contributed by atoms with E-state index in [9.17, 15) is 9.59 Å². The van der Waals surface area contributed by atoms with E-state index < -0.39 is 0 Å². The van der Waals surface area contributed by atoms with Crippen LogP contribution in [0.2, 0.25) is 0 Å². The molecule has 10 heteroatoms. The molecule has 10 nitrogen and oxygen atoms in total. The van der Waals surface area contributed by atoms with Crippen molar-refractivity contribution in [2.24, 2.45) is 0 Å². The van der Waals surface area contributed by atoms with Crippen LogP contribution in [0.3, 0.4) is 0 Å². The minimum atomic E-state index is -0.314. The van der Waals surface area contributed by atoms with Gasteiger partial charge in [0.15, 0.2) is 11.5 Å². The maximum absolute atomic E-state index is 13.1. The third-order valence-corrected chi connectivity index (χ3v) is 6.36. The highest BCUT2D eigenvalue weighted by atomic mass is 16.5. The Hall–Kier alpha value is -3.95. The van der Waals surface area contributed by atoms with Crippen LogP contribution in [0.5, 0.6) is 5.75 Å². The summed E-state index contributed by atoms with van der Waals surface area (Å²) in [6, 6.07) is 7.69. The van der Waals surface area contributed by atoms with Crippen molar-refractivity contribution in [1.82, 2.24) is 29.7 Å². The fourth-order valence-corrected chi connectivity index (χ4v) is 4.52. The maximum atomic E-state index is 13.1. The number of anilines is 1. The van der Waals surface area contributed by atoms with Crippen molar-refractivity contribution in [2.45, 2.75) is 51.1 Å². The largest absolute Gasteiger partial charge is 0.496 e. The van der Waals surface area contributed by atoms with Gasteiger partial charge in [0.05, 0.1) is 30.4 Å². The molecule has 0 radical (unpaired) electrons. The Labute approximate surface area is 196 Å². The van der Waals surface area contributed by atoms with Crippen LogP contribution in [0.15, 0.2) is 42.9 Å². The lowest BCUT2D eigenvalue weighted by molar-refractivity contribution is -0.121. The Morgan fingerprint density at radius 1 is 1.21 bits per heavy atom. The lowest BCUT2D eigenvalue weighted by Gasteiger charge is -2.29. The van der Waals surface area contributed by atoms with Crippen molar-refractivity contribution in [3.63, 3.8) is 0 Å². The predicted molar refractivity (Wildman–Crippen MR) is 127 cm³/mol. The maximum Gasteiger partial charge on any atom is 0.260 e. The van der Waals surface area contributed by atoms with Crippen LogP contribution in [-0.4, -0.2) is 49.3 Å².